The standard InChI is InChI=1S/C11H14N4O/c1-3-5-13-11(16)9-8-4-6-12-10(8)15-7(2)14-9/h4,6H,3,5H2,1-2H3,(H,13,16)(H,12,14,15). The van der Waals surface area contributed by atoms with Crippen LogP contribution in [0.1, 0.15) is 29.7 Å². The van der Waals surface area contributed by atoms with Gasteiger partial charge in [-0.25, -0.2) is 9.97 Å². The number of nitrogens with zero attached hydrogens (tertiary/aromatic N) is 2. The SMILES string of the molecule is CCCNC(=O)c1nc(C)nc2[nH]ccc12. The molecule has 0 bridgehead atoms. The van der Waals surface area contributed by atoms with E-state index in [4.69, 9.17) is 0 Å². The summed E-state index contributed by atoms with van der Waals surface area (Å²) in [4.78, 5) is 23.2. The maximum Gasteiger partial charge on any atom is 0.270 e. The summed E-state index contributed by atoms with van der Waals surface area (Å²) in [5.41, 5.74) is 1.14. The van der Waals surface area contributed by atoms with Crippen LogP contribution in [0.15, 0.2) is 12.3 Å². The van der Waals surface area contributed by atoms with E-state index in [9.17, 15) is 4.79 Å². The highest BCUT2D eigenvalue weighted by atomic mass is 16.1. The van der Waals surface area contributed by atoms with Gasteiger partial charge in [0.15, 0.2) is 0 Å². The normalized spacial score (nSPS) is 10.6. The van der Waals surface area contributed by atoms with E-state index in [0.717, 1.165) is 11.8 Å². The predicted octanol–water partition coefficient (Wildman–Crippen LogP) is 1.41. The van der Waals surface area contributed by atoms with Crippen molar-refractivity contribution >= 4 is 16.9 Å². The van der Waals surface area contributed by atoms with Gasteiger partial charge in [0.1, 0.15) is 17.2 Å². The van der Waals surface area contributed by atoms with Crippen molar-refractivity contribution in [1.29, 1.82) is 0 Å². The zero-order valence-electron chi connectivity index (χ0n) is 9.37. The average Bonchev–Trinajstić information content (AvgIpc) is 2.72. The maximum absolute atomic E-state index is 11.9. The van der Waals surface area contributed by atoms with Crippen molar-refractivity contribution in [3.8, 4) is 0 Å². The minimum Gasteiger partial charge on any atom is -0.351 e. The van der Waals surface area contributed by atoms with Crippen LogP contribution in [0.4, 0.5) is 0 Å². The van der Waals surface area contributed by atoms with Gasteiger partial charge in [-0.15, -0.1) is 0 Å². The summed E-state index contributed by atoms with van der Waals surface area (Å²) in [6.07, 6.45) is 2.67. The summed E-state index contributed by atoms with van der Waals surface area (Å²) < 4.78 is 0. The van der Waals surface area contributed by atoms with Crippen molar-refractivity contribution < 1.29 is 4.79 Å². The van der Waals surface area contributed by atoms with Gasteiger partial charge < -0.3 is 10.3 Å². The van der Waals surface area contributed by atoms with Gasteiger partial charge in [0, 0.05) is 12.7 Å². The molecule has 0 atom stereocenters. The second kappa shape index (κ2) is 4.30. The topological polar surface area (TPSA) is 70.7 Å². The molecule has 0 fully saturated rings. The molecule has 16 heavy (non-hydrogen) atoms. The maximum atomic E-state index is 11.9. The van der Waals surface area contributed by atoms with Crippen LogP contribution in [-0.4, -0.2) is 27.4 Å². The molecule has 2 N–H and O–H groups in total. The molecule has 2 aromatic rings. The molecule has 84 valence electrons. The first kappa shape index (κ1) is 10.6. The van der Waals surface area contributed by atoms with Crippen LogP contribution in [0, 0.1) is 6.92 Å². The molecule has 0 saturated heterocycles. The fourth-order valence-corrected chi connectivity index (χ4v) is 1.55. The number of H-pyrrole nitrogens is 1. The summed E-state index contributed by atoms with van der Waals surface area (Å²) in [5.74, 6) is 0.452. The number of carbonyl (C=O) groups is 1. The first-order valence-electron chi connectivity index (χ1n) is 5.32. The first-order chi connectivity index (χ1) is 7.72. The van der Waals surface area contributed by atoms with Crippen LogP contribution < -0.4 is 5.32 Å². The van der Waals surface area contributed by atoms with Gasteiger partial charge in [-0.1, -0.05) is 6.92 Å². The minimum atomic E-state index is -0.142. The van der Waals surface area contributed by atoms with Gasteiger partial charge in [0.05, 0.1) is 5.39 Å². The second-order valence-electron chi connectivity index (χ2n) is 3.62. The van der Waals surface area contributed by atoms with E-state index >= 15 is 0 Å². The van der Waals surface area contributed by atoms with Crippen LogP contribution >= 0.6 is 0 Å². The average molecular weight is 218 g/mol. The molecule has 1 amide bonds. The third-order valence-electron chi connectivity index (χ3n) is 2.28. The van der Waals surface area contributed by atoms with Crippen molar-refractivity contribution in [2.24, 2.45) is 0 Å². The number of hydrogen-bond donors (Lipinski definition) is 2. The molecule has 0 aliphatic heterocycles. The lowest BCUT2D eigenvalue weighted by molar-refractivity contribution is 0.0950. The number of fused-ring (bicyclic) bond motifs is 1. The van der Waals surface area contributed by atoms with E-state index in [-0.39, 0.29) is 5.91 Å². The smallest absolute Gasteiger partial charge is 0.270 e. The number of hydrogen-bond acceptors (Lipinski definition) is 3. The van der Waals surface area contributed by atoms with E-state index in [1.54, 1.807) is 13.1 Å². The fraction of sp³-hybridized carbons (Fsp3) is 0.364. The Hall–Kier alpha value is -1.91. The van der Waals surface area contributed by atoms with Gasteiger partial charge in [-0.3, -0.25) is 4.79 Å². The Bertz CT molecular complexity index is 518. The van der Waals surface area contributed by atoms with Crippen LogP contribution in [0.5, 0.6) is 0 Å². The molecular formula is C11H14N4O. The van der Waals surface area contributed by atoms with Gasteiger partial charge in [-0.05, 0) is 19.4 Å². The van der Waals surface area contributed by atoms with Crippen molar-refractivity contribution in [2.75, 3.05) is 6.54 Å². The largest absolute Gasteiger partial charge is 0.351 e. The van der Waals surface area contributed by atoms with E-state index in [2.05, 4.69) is 20.3 Å². The number of nitrogens with one attached hydrogen (secondary N) is 2. The Morgan fingerprint density at radius 2 is 2.31 bits per heavy atom. The lowest BCUT2D eigenvalue weighted by Gasteiger charge is -2.04. The third-order valence-corrected chi connectivity index (χ3v) is 2.28. The lowest BCUT2D eigenvalue weighted by Crippen LogP contribution is -2.25. The van der Waals surface area contributed by atoms with E-state index in [0.29, 0.717) is 23.7 Å². The minimum absolute atomic E-state index is 0.142. The number of amides is 1. The van der Waals surface area contributed by atoms with Crippen LogP contribution in [0.2, 0.25) is 0 Å². The van der Waals surface area contributed by atoms with Crippen molar-refractivity contribution in [1.82, 2.24) is 20.3 Å². The summed E-state index contributed by atoms with van der Waals surface area (Å²) in [6, 6.07) is 1.82. The van der Waals surface area contributed by atoms with E-state index in [1.807, 2.05) is 13.0 Å². The Labute approximate surface area is 93.3 Å². The van der Waals surface area contributed by atoms with E-state index in [1.165, 1.54) is 0 Å². The fourth-order valence-electron chi connectivity index (χ4n) is 1.55. The molecule has 0 radical (unpaired) electrons. The molecule has 0 aliphatic rings. The summed E-state index contributed by atoms with van der Waals surface area (Å²) >= 11 is 0. The molecule has 0 saturated carbocycles. The van der Waals surface area contributed by atoms with E-state index < -0.39 is 0 Å². The predicted molar refractivity (Wildman–Crippen MR) is 61.2 cm³/mol. The quantitative estimate of drug-likeness (QED) is 0.818. The Morgan fingerprint density at radius 1 is 1.50 bits per heavy atom. The summed E-state index contributed by atoms with van der Waals surface area (Å²) in [5, 5.41) is 3.58. The van der Waals surface area contributed by atoms with Crippen molar-refractivity contribution in [3.05, 3.63) is 23.8 Å². The van der Waals surface area contributed by atoms with Crippen molar-refractivity contribution in [2.45, 2.75) is 20.3 Å². The molecule has 2 aromatic heterocycles. The number of aromatic nitrogens is 3. The highest BCUT2D eigenvalue weighted by Gasteiger charge is 2.13. The molecule has 2 heterocycles. The number of carbonyl (C=O) groups excluding carboxylic acids is 1. The van der Waals surface area contributed by atoms with Crippen LogP contribution in [0.25, 0.3) is 11.0 Å². The van der Waals surface area contributed by atoms with Crippen molar-refractivity contribution in [3.63, 3.8) is 0 Å². The monoisotopic (exact) mass is 218 g/mol. The number of rotatable bonds is 3. The second-order valence-corrected chi connectivity index (χ2v) is 3.62. The highest BCUT2D eigenvalue weighted by Crippen LogP contribution is 2.13. The summed E-state index contributed by atoms with van der Waals surface area (Å²) in [6.45, 7) is 4.45. The number of aryl methyl sites for hydroxylation is 1. The van der Waals surface area contributed by atoms with Gasteiger partial charge in [0.25, 0.3) is 5.91 Å². The molecule has 2 rings (SSSR count). The Kier molecular flexibility index (Phi) is 2.85. The molecule has 5 heteroatoms. The molecular weight excluding hydrogens is 204 g/mol. The summed E-state index contributed by atoms with van der Waals surface area (Å²) in [7, 11) is 0. The van der Waals surface area contributed by atoms with Gasteiger partial charge >= 0.3 is 0 Å². The molecule has 0 aliphatic carbocycles. The lowest BCUT2D eigenvalue weighted by atomic mass is 10.2. The molecule has 5 nitrogen and oxygen atoms in total. The number of aromatic amines is 1. The zero-order chi connectivity index (χ0) is 11.5. The van der Waals surface area contributed by atoms with Gasteiger partial charge in [-0.2, -0.15) is 0 Å². The highest BCUT2D eigenvalue weighted by molar-refractivity contribution is 6.03. The van der Waals surface area contributed by atoms with Gasteiger partial charge in [0.2, 0.25) is 0 Å². The molecule has 0 spiro atoms. The molecule has 0 unspecified atom stereocenters. The Balaban J connectivity index is 2.42. The van der Waals surface area contributed by atoms with Crippen LogP contribution in [-0.2, 0) is 0 Å². The third kappa shape index (κ3) is 1.88. The zero-order valence-corrected chi connectivity index (χ0v) is 9.37. The van der Waals surface area contributed by atoms with Crippen LogP contribution in [0.3, 0.4) is 0 Å². The Morgan fingerprint density at radius 3 is 3.06 bits per heavy atom. The first-order valence-corrected chi connectivity index (χ1v) is 5.32. The molecule has 0 aromatic carbocycles.